The summed E-state index contributed by atoms with van der Waals surface area (Å²) in [6.45, 7) is 1.92. The number of aryl methyl sites for hydroxylation is 1. The summed E-state index contributed by atoms with van der Waals surface area (Å²) < 4.78 is 47.0. The number of amides is 1. The van der Waals surface area contributed by atoms with Gasteiger partial charge >= 0.3 is 5.51 Å². The van der Waals surface area contributed by atoms with Gasteiger partial charge in [-0.3, -0.25) is 4.79 Å². The summed E-state index contributed by atoms with van der Waals surface area (Å²) in [7, 11) is 1.52. The lowest BCUT2D eigenvalue weighted by Crippen LogP contribution is -2.17. The number of anilines is 1. The van der Waals surface area contributed by atoms with Crippen LogP contribution in [0.1, 0.15) is 5.56 Å². The minimum Gasteiger partial charge on any atom is -0.493 e. The van der Waals surface area contributed by atoms with E-state index in [1.165, 1.54) is 25.4 Å². The number of nitrogens with zero attached hydrogens (tertiary/aromatic N) is 1. The van der Waals surface area contributed by atoms with Crippen molar-refractivity contribution in [3.63, 3.8) is 0 Å². The lowest BCUT2D eigenvalue weighted by Gasteiger charge is -2.11. The number of rotatable bonds is 6. The molecule has 0 saturated heterocycles. The van der Waals surface area contributed by atoms with E-state index < -0.39 is 28.9 Å². The van der Waals surface area contributed by atoms with Crippen LogP contribution in [0.15, 0.2) is 36.5 Å². The molecule has 1 amide bonds. The zero-order chi connectivity index (χ0) is 18.4. The Bertz CT molecular complexity index is 736. The summed E-state index contributed by atoms with van der Waals surface area (Å²) in [4.78, 5) is 15.5. The van der Waals surface area contributed by atoms with Gasteiger partial charge in [-0.25, -0.2) is 4.98 Å². The van der Waals surface area contributed by atoms with Crippen molar-refractivity contribution in [3.8, 4) is 17.4 Å². The number of benzene rings is 1. The first-order valence-electron chi connectivity index (χ1n) is 7.06. The number of alkyl halides is 3. The van der Waals surface area contributed by atoms with Crippen molar-refractivity contribution in [1.82, 2.24) is 4.98 Å². The van der Waals surface area contributed by atoms with E-state index in [0.29, 0.717) is 11.5 Å². The molecule has 1 aromatic carbocycles. The average molecular weight is 372 g/mol. The first kappa shape index (κ1) is 18.9. The number of pyridine rings is 1. The molecule has 0 aliphatic rings. The first-order valence-corrected chi connectivity index (χ1v) is 8.04. The molecule has 0 aliphatic heterocycles. The van der Waals surface area contributed by atoms with E-state index in [9.17, 15) is 18.0 Å². The van der Waals surface area contributed by atoms with Gasteiger partial charge in [0.15, 0.2) is 11.5 Å². The van der Waals surface area contributed by atoms with E-state index in [0.717, 1.165) is 5.56 Å². The Morgan fingerprint density at radius 2 is 2.00 bits per heavy atom. The van der Waals surface area contributed by atoms with Crippen molar-refractivity contribution < 1.29 is 27.4 Å². The summed E-state index contributed by atoms with van der Waals surface area (Å²) in [5.74, 6) is -0.215. The molecule has 1 aromatic heterocycles. The highest BCUT2D eigenvalue weighted by Crippen LogP contribution is 2.32. The molecule has 0 aliphatic carbocycles. The van der Waals surface area contributed by atoms with Crippen LogP contribution < -0.4 is 14.8 Å². The number of ether oxygens (including phenoxy) is 2. The number of hydrogen-bond acceptors (Lipinski definition) is 5. The Kier molecular flexibility index (Phi) is 6.13. The molecule has 2 aromatic rings. The normalized spacial score (nSPS) is 11.1. The summed E-state index contributed by atoms with van der Waals surface area (Å²) >= 11 is -0.400. The maximum Gasteiger partial charge on any atom is 0.442 e. The van der Waals surface area contributed by atoms with Gasteiger partial charge in [0.25, 0.3) is 0 Å². The molecule has 0 atom stereocenters. The van der Waals surface area contributed by atoms with Crippen molar-refractivity contribution in [3.05, 3.63) is 42.1 Å². The highest BCUT2D eigenvalue weighted by atomic mass is 32.2. The third-order valence-electron chi connectivity index (χ3n) is 2.92. The van der Waals surface area contributed by atoms with Crippen LogP contribution in [0, 0.1) is 6.92 Å². The molecule has 0 spiro atoms. The zero-order valence-electron chi connectivity index (χ0n) is 13.4. The number of thioether (sulfide) groups is 1. The lowest BCUT2D eigenvalue weighted by molar-refractivity contribution is -0.114. The summed E-state index contributed by atoms with van der Waals surface area (Å²) in [5, 5.41) is 2.33. The molecular weight excluding hydrogens is 357 g/mol. The fourth-order valence-corrected chi connectivity index (χ4v) is 2.20. The molecule has 9 heteroatoms. The largest absolute Gasteiger partial charge is 0.493 e. The number of methoxy groups -OCH3 is 1. The molecule has 5 nitrogen and oxygen atoms in total. The summed E-state index contributed by atoms with van der Waals surface area (Å²) in [6.07, 6.45) is 1.30. The van der Waals surface area contributed by atoms with Gasteiger partial charge in [0, 0.05) is 6.07 Å². The molecule has 0 fully saturated rings. The van der Waals surface area contributed by atoms with E-state index in [4.69, 9.17) is 9.47 Å². The second-order valence-corrected chi connectivity index (χ2v) is 5.96. The maximum absolute atomic E-state index is 12.0. The number of aromatic nitrogens is 1. The van der Waals surface area contributed by atoms with Crippen LogP contribution in [-0.2, 0) is 4.79 Å². The fraction of sp³-hybridized carbons (Fsp3) is 0.250. The smallest absolute Gasteiger partial charge is 0.442 e. The van der Waals surface area contributed by atoms with Crippen molar-refractivity contribution in [1.29, 1.82) is 0 Å². The number of carbonyl (C=O) groups is 1. The zero-order valence-corrected chi connectivity index (χ0v) is 14.2. The van der Waals surface area contributed by atoms with Gasteiger partial charge in [-0.05, 0) is 42.4 Å². The number of halogens is 3. The molecule has 1 N–H and O–H groups in total. The fourth-order valence-electron chi connectivity index (χ4n) is 1.83. The van der Waals surface area contributed by atoms with E-state index >= 15 is 0 Å². The van der Waals surface area contributed by atoms with Crippen molar-refractivity contribution in [2.24, 2.45) is 0 Å². The van der Waals surface area contributed by atoms with Crippen LogP contribution >= 0.6 is 11.8 Å². The summed E-state index contributed by atoms with van der Waals surface area (Å²) in [5.41, 5.74) is -3.16. The quantitative estimate of drug-likeness (QED) is 0.815. The third-order valence-corrected chi connectivity index (χ3v) is 3.65. The lowest BCUT2D eigenvalue weighted by atomic mass is 10.2. The van der Waals surface area contributed by atoms with Crippen molar-refractivity contribution in [2.75, 3.05) is 18.2 Å². The van der Waals surface area contributed by atoms with Gasteiger partial charge in [0.2, 0.25) is 11.8 Å². The van der Waals surface area contributed by atoms with Crippen molar-refractivity contribution in [2.45, 2.75) is 12.4 Å². The second kappa shape index (κ2) is 8.11. The van der Waals surface area contributed by atoms with E-state index in [2.05, 4.69) is 10.3 Å². The van der Waals surface area contributed by atoms with Crippen LogP contribution in [0.3, 0.4) is 0 Å². The van der Waals surface area contributed by atoms with Gasteiger partial charge in [0.05, 0.1) is 24.7 Å². The van der Waals surface area contributed by atoms with Gasteiger partial charge in [0.1, 0.15) is 0 Å². The topological polar surface area (TPSA) is 60.5 Å². The van der Waals surface area contributed by atoms with Gasteiger partial charge < -0.3 is 14.8 Å². The second-order valence-electron chi connectivity index (χ2n) is 4.92. The Labute approximate surface area is 146 Å². The molecule has 2 rings (SSSR count). The Morgan fingerprint density at radius 1 is 1.24 bits per heavy atom. The van der Waals surface area contributed by atoms with Gasteiger partial charge in [-0.2, -0.15) is 13.2 Å². The molecule has 0 bridgehead atoms. The molecule has 1 heterocycles. The highest BCUT2D eigenvalue weighted by molar-refractivity contribution is 8.00. The van der Waals surface area contributed by atoms with Crippen LogP contribution in [0.5, 0.6) is 17.4 Å². The molecule has 134 valence electrons. The average Bonchev–Trinajstić information content (AvgIpc) is 2.55. The molecular formula is C16H15F3N2O3S. The predicted molar refractivity (Wildman–Crippen MR) is 89.2 cm³/mol. The number of carbonyl (C=O) groups excluding carboxylic acids is 1. The van der Waals surface area contributed by atoms with E-state index in [-0.39, 0.29) is 11.6 Å². The van der Waals surface area contributed by atoms with Gasteiger partial charge in [-0.1, -0.05) is 6.07 Å². The molecule has 0 saturated carbocycles. The minimum absolute atomic E-state index is 0.254. The molecule has 0 unspecified atom stereocenters. The van der Waals surface area contributed by atoms with E-state index in [1.54, 1.807) is 6.07 Å². The Morgan fingerprint density at radius 3 is 2.60 bits per heavy atom. The van der Waals surface area contributed by atoms with Crippen molar-refractivity contribution >= 4 is 23.4 Å². The van der Waals surface area contributed by atoms with E-state index in [1.807, 2.05) is 19.1 Å². The summed E-state index contributed by atoms with van der Waals surface area (Å²) in [6, 6.07) is 8.37. The van der Waals surface area contributed by atoms with Crippen LogP contribution in [-0.4, -0.2) is 29.3 Å². The standard InChI is InChI=1S/C16H15F3N2O3S/c1-10-3-5-12(13(7-10)23-2)24-15-6-4-11(8-20-15)21-14(22)9-25-16(17,18)19/h3-8H,9H2,1-2H3,(H,21,22). The number of nitrogens with one attached hydrogen (secondary N) is 1. The highest BCUT2D eigenvalue weighted by Gasteiger charge is 2.29. The first-order chi connectivity index (χ1) is 11.8. The minimum atomic E-state index is -4.44. The monoisotopic (exact) mass is 372 g/mol. The maximum atomic E-state index is 12.0. The third kappa shape index (κ3) is 6.18. The Balaban J connectivity index is 1.97. The number of hydrogen-bond donors (Lipinski definition) is 1. The molecule has 25 heavy (non-hydrogen) atoms. The van der Waals surface area contributed by atoms with Crippen LogP contribution in [0.2, 0.25) is 0 Å². The van der Waals surface area contributed by atoms with Gasteiger partial charge in [-0.15, -0.1) is 0 Å². The molecule has 0 radical (unpaired) electrons. The van der Waals surface area contributed by atoms with Crippen LogP contribution in [0.4, 0.5) is 18.9 Å². The predicted octanol–water partition coefficient (Wildman–Crippen LogP) is 4.38. The Hall–Kier alpha value is -2.42. The van der Waals surface area contributed by atoms with Crippen LogP contribution in [0.25, 0.3) is 0 Å². The SMILES string of the molecule is COc1cc(C)ccc1Oc1ccc(NC(=O)CSC(F)(F)F)cn1.